The summed E-state index contributed by atoms with van der Waals surface area (Å²) in [6.45, 7) is 5.28. The Labute approximate surface area is 191 Å². The Hall–Kier alpha value is -2.51. The number of carbonyl (C=O) groups excluding carboxylic acids is 1. The van der Waals surface area contributed by atoms with Gasteiger partial charge in [0.1, 0.15) is 17.7 Å². The van der Waals surface area contributed by atoms with E-state index in [0.717, 1.165) is 50.4 Å². The lowest BCUT2D eigenvalue weighted by atomic mass is 9.72. The first-order valence-corrected chi connectivity index (χ1v) is 11.5. The van der Waals surface area contributed by atoms with Gasteiger partial charge in [-0.15, -0.1) is 0 Å². The molecule has 3 heterocycles. The second-order valence-corrected chi connectivity index (χ2v) is 9.82. The van der Waals surface area contributed by atoms with E-state index < -0.39 is 11.0 Å². The summed E-state index contributed by atoms with van der Waals surface area (Å²) in [7, 11) is 3.97. The summed E-state index contributed by atoms with van der Waals surface area (Å²) in [4.78, 5) is 28.5. The van der Waals surface area contributed by atoms with Crippen molar-refractivity contribution in [3.63, 3.8) is 0 Å². The molecule has 2 aromatic rings. The molecule has 2 fully saturated rings. The molecule has 2 saturated heterocycles. The summed E-state index contributed by atoms with van der Waals surface area (Å²) in [5, 5.41) is 11.3. The first-order chi connectivity index (χ1) is 15.3. The van der Waals surface area contributed by atoms with Gasteiger partial charge in [0.2, 0.25) is 5.91 Å². The normalized spacial score (nSPS) is 23.3. The van der Waals surface area contributed by atoms with E-state index in [1.54, 1.807) is 11.2 Å². The number of aryl methyl sites for hydroxylation is 1. The molecule has 2 aliphatic heterocycles. The Morgan fingerprint density at radius 2 is 1.84 bits per heavy atom. The third-order valence-electron chi connectivity index (χ3n) is 7.11. The molecule has 4 rings (SSSR count). The molecule has 1 amide bonds. The minimum absolute atomic E-state index is 0.152. The molecule has 0 unspecified atom stereocenters. The van der Waals surface area contributed by atoms with Gasteiger partial charge in [-0.1, -0.05) is 30.3 Å². The molecule has 2 aliphatic rings. The molecule has 0 saturated carbocycles. The molecule has 1 aromatic heterocycles. The number of likely N-dealkylation sites (N-methyl/N-ethyl adjacent to an activating group) is 1. The molecule has 172 valence electrons. The van der Waals surface area contributed by atoms with Crippen molar-refractivity contribution in [2.24, 2.45) is 5.41 Å². The first-order valence-electron chi connectivity index (χ1n) is 11.5. The maximum Gasteiger partial charge on any atom is 0.229 e. The van der Waals surface area contributed by atoms with Crippen molar-refractivity contribution in [1.82, 2.24) is 19.8 Å². The largest absolute Gasteiger partial charge is 0.386 e. The Morgan fingerprint density at radius 3 is 2.53 bits per heavy atom. The number of piperidine rings is 1. The summed E-state index contributed by atoms with van der Waals surface area (Å²) in [6, 6.07) is 12.2. The van der Waals surface area contributed by atoms with Crippen molar-refractivity contribution in [2.45, 2.75) is 38.2 Å². The molecule has 7 nitrogen and oxygen atoms in total. The van der Waals surface area contributed by atoms with Crippen molar-refractivity contribution >= 4 is 11.7 Å². The number of amides is 1. The number of aliphatic hydroxyl groups is 1. The van der Waals surface area contributed by atoms with Gasteiger partial charge in [-0.3, -0.25) is 4.79 Å². The van der Waals surface area contributed by atoms with Crippen molar-refractivity contribution in [3.05, 3.63) is 54.0 Å². The van der Waals surface area contributed by atoms with Crippen LogP contribution in [0.3, 0.4) is 0 Å². The topological polar surface area (TPSA) is 72.8 Å². The van der Waals surface area contributed by atoms with E-state index in [4.69, 9.17) is 0 Å². The molecule has 0 bridgehead atoms. The highest BCUT2D eigenvalue weighted by Gasteiger charge is 2.45. The predicted octanol–water partition coefficient (Wildman–Crippen LogP) is 2.14. The van der Waals surface area contributed by atoms with E-state index >= 15 is 0 Å². The third-order valence-corrected chi connectivity index (χ3v) is 7.11. The highest BCUT2D eigenvalue weighted by Crippen LogP contribution is 2.37. The molecule has 1 N–H and O–H groups in total. The van der Waals surface area contributed by atoms with E-state index in [2.05, 4.69) is 38.9 Å². The lowest BCUT2D eigenvalue weighted by Crippen LogP contribution is -2.53. The molecule has 1 aromatic carbocycles. The fourth-order valence-corrected chi connectivity index (χ4v) is 5.21. The van der Waals surface area contributed by atoms with Crippen LogP contribution in [0, 0.1) is 12.3 Å². The average Bonchev–Trinajstić information content (AvgIpc) is 3.17. The van der Waals surface area contributed by atoms with Crippen LogP contribution in [0.2, 0.25) is 0 Å². The molecular formula is C25H35N5O2. The summed E-state index contributed by atoms with van der Waals surface area (Å²) in [6.07, 6.45) is 4.60. The fraction of sp³-hybridized carbons (Fsp3) is 0.560. The van der Waals surface area contributed by atoms with E-state index in [1.165, 1.54) is 5.56 Å². The Kier molecular flexibility index (Phi) is 6.49. The van der Waals surface area contributed by atoms with Gasteiger partial charge >= 0.3 is 0 Å². The van der Waals surface area contributed by atoms with Crippen LogP contribution >= 0.6 is 0 Å². The van der Waals surface area contributed by atoms with Gasteiger partial charge < -0.3 is 19.8 Å². The van der Waals surface area contributed by atoms with Gasteiger partial charge in [-0.25, -0.2) is 9.97 Å². The fourth-order valence-electron chi connectivity index (χ4n) is 5.21. The SMILES string of the molecule is Cc1cc(N2CC[C@@](O)(CN(C)C(=O)C3(Cc4ccccc4)CCN(C)CC3)C2)ncn1. The van der Waals surface area contributed by atoms with Crippen LogP contribution in [0.1, 0.15) is 30.5 Å². The van der Waals surface area contributed by atoms with Crippen LogP contribution in [-0.2, 0) is 11.2 Å². The van der Waals surface area contributed by atoms with Crippen LogP contribution in [-0.4, -0.2) is 83.2 Å². The van der Waals surface area contributed by atoms with Crippen LogP contribution in [0.25, 0.3) is 0 Å². The van der Waals surface area contributed by atoms with Crippen LogP contribution in [0.5, 0.6) is 0 Å². The number of benzene rings is 1. The Balaban J connectivity index is 1.47. The van der Waals surface area contributed by atoms with E-state index in [0.29, 0.717) is 19.5 Å². The lowest BCUT2D eigenvalue weighted by Gasteiger charge is -2.43. The number of aromatic nitrogens is 2. The maximum absolute atomic E-state index is 13.8. The second-order valence-electron chi connectivity index (χ2n) is 9.82. The van der Waals surface area contributed by atoms with Crippen LogP contribution in [0.15, 0.2) is 42.7 Å². The number of nitrogens with zero attached hydrogens (tertiary/aromatic N) is 5. The number of hydrogen-bond acceptors (Lipinski definition) is 6. The highest BCUT2D eigenvalue weighted by molar-refractivity contribution is 5.83. The quantitative estimate of drug-likeness (QED) is 0.747. The minimum Gasteiger partial charge on any atom is -0.386 e. The second kappa shape index (κ2) is 9.16. The number of anilines is 1. The van der Waals surface area contributed by atoms with E-state index in [1.807, 2.05) is 38.2 Å². The Morgan fingerprint density at radius 1 is 1.12 bits per heavy atom. The summed E-state index contributed by atoms with van der Waals surface area (Å²) in [5.41, 5.74) is 0.746. The third kappa shape index (κ3) is 4.94. The van der Waals surface area contributed by atoms with Gasteiger partial charge in [0.05, 0.1) is 12.0 Å². The molecule has 0 aliphatic carbocycles. The van der Waals surface area contributed by atoms with E-state index in [-0.39, 0.29) is 5.91 Å². The average molecular weight is 438 g/mol. The van der Waals surface area contributed by atoms with Crippen molar-refractivity contribution in [2.75, 3.05) is 51.7 Å². The summed E-state index contributed by atoms with van der Waals surface area (Å²) < 4.78 is 0. The molecule has 1 atom stereocenters. The van der Waals surface area contributed by atoms with Crippen molar-refractivity contribution in [3.8, 4) is 0 Å². The number of carbonyl (C=O) groups is 1. The van der Waals surface area contributed by atoms with Gasteiger partial charge in [-0.05, 0) is 58.3 Å². The monoisotopic (exact) mass is 437 g/mol. The minimum atomic E-state index is -0.942. The maximum atomic E-state index is 13.8. The number of β-amino-alcohol motifs (C(OH)–C–C–N with tert-alkyl or cyclic N) is 1. The van der Waals surface area contributed by atoms with E-state index in [9.17, 15) is 9.90 Å². The number of rotatable bonds is 6. The summed E-state index contributed by atoms with van der Waals surface area (Å²) >= 11 is 0. The van der Waals surface area contributed by atoms with Gasteiger partial charge in [0.25, 0.3) is 0 Å². The smallest absolute Gasteiger partial charge is 0.229 e. The molecule has 32 heavy (non-hydrogen) atoms. The molecule has 0 spiro atoms. The zero-order valence-corrected chi connectivity index (χ0v) is 19.5. The van der Waals surface area contributed by atoms with Crippen LogP contribution < -0.4 is 4.90 Å². The number of likely N-dealkylation sites (tertiary alicyclic amines) is 1. The molecular weight excluding hydrogens is 402 g/mol. The van der Waals surface area contributed by atoms with Gasteiger partial charge in [0.15, 0.2) is 0 Å². The zero-order chi connectivity index (χ0) is 22.8. The first kappa shape index (κ1) is 22.7. The van der Waals surface area contributed by atoms with Crippen molar-refractivity contribution < 1.29 is 9.90 Å². The molecule has 0 radical (unpaired) electrons. The highest BCUT2D eigenvalue weighted by atomic mass is 16.3. The Bertz CT molecular complexity index is 929. The molecule has 7 heteroatoms. The standard InChI is InChI=1S/C25H35N5O2/c1-20-15-22(27-19-26-20)30-14-11-25(32,18-30)17-29(3)23(31)24(9-12-28(2)13-10-24)16-21-7-5-4-6-8-21/h4-8,15,19,32H,9-14,16-18H2,1-3H3/t25-/m1/s1. The van der Waals surface area contributed by atoms with Gasteiger partial charge in [0, 0.05) is 31.9 Å². The number of hydrogen-bond donors (Lipinski definition) is 1. The lowest BCUT2D eigenvalue weighted by molar-refractivity contribution is -0.146. The van der Waals surface area contributed by atoms with Crippen molar-refractivity contribution in [1.29, 1.82) is 0 Å². The predicted molar refractivity (Wildman–Crippen MR) is 125 cm³/mol. The zero-order valence-electron chi connectivity index (χ0n) is 19.5. The van der Waals surface area contributed by atoms with Gasteiger partial charge in [-0.2, -0.15) is 0 Å². The summed E-state index contributed by atoms with van der Waals surface area (Å²) in [5.74, 6) is 0.984. The van der Waals surface area contributed by atoms with Crippen LogP contribution in [0.4, 0.5) is 5.82 Å².